The molecule has 3 heteroatoms. The summed E-state index contributed by atoms with van der Waals surface area (Å²) in [5, 5.41) is 9.76. The summed E-state index contributed by atoms with van der Waals surface area (Å²) in [5.41, 5.74) is 5.03. The van der Waals surface area contributed by atoms with Crippen molar-refractivity contribution in [2.45, 2.75) is 44.6 Å². The van der Waals surface area contributed by atoms with Crippen LogP contribution in [0.25, 0.3) is 0 Å². The second-order valence-corrected chi connectivity index (χ2v) is 4.69. The van der Waals surface area contributed by atoms with Crippen molar-refractivity contribution in [3.63, 3.8) is 0 Å². The minimum Gasteiger partial charge on any atom is -0.390 e. The molecule has 0 unspecified atom stereocenters. The second kappa shape index (κ2) is 5.69. The van der Waals surface area contributed by atoms with Gasteiger partial charge in [0.25, 0.3) is 0 Å². The van der Waals surface area contributed by atoms with Gasteiger partial charge < -0.3 is 15.7 Å². The lowest BCUT2D eigenvalue weighted by Gasteiger charge is -2.35. The van der Waals surface area contributed by atoms with Crippen LogP contribution in [-0.2, 0) is 0 Å². The predicted octanol–water partition coefficient (Wildman–Crippen LogP) is 0.962. The molecule has 0 aromatic heterocycles. The lowest BCUT2D eigenvalue weighted by Crippen LogP contribution is -2.42. The summed E-state index contributed by atoms with van der Waals surface area (Å²) in [6.07, 6.45) is 5.47. The van der Waals surface area contributed by atoms with Crippen LogP contribution in [0.4, 0.5) is 0 Å². The Morgan fingerprint density at radius 1 is 1.21 bits per heavy atom. The van der Waals surface area contributed by atoms with Gasteiger partial charge in [0.2, 0.25) is 0 Å². The van der Waals surface area contributed by atoms with E-state index in [0.717, 1.165) is 38.9 Å². The van der Waals surface area contributed by atoms with E-state index >= 15 is 0 Å². The Hall–Kier alpha value is -0.120. The number of rotatable bonds is 5. The van der Waals surface area contributed by atoms with E-state index in [-0.39, 0.29) is 0 Å². The standard InChI is InChI=1S/C11H24N2O/c1-11(14)5-9-13(10-6-11)8-4-2-3-7-12/h14H,2-10,12H2,1H3. The molecule has 0 aromatic rings. The molecule has 1 fully saturated rings. The van der Waals surface area contributed by atoms with Crippen LogP contribution in [0.1, 0.15) is 39.0 Å². The van der Waals surface area contributed by atoms with Crippen LogP contribution in [0, 0.1) is 0 Å². The second-order valence-electron chi connectivity index (χ2n) is 4.69. The van der Waals surface area contributed by atoms with Gasteiger partial charge in [-0.25, -0.2) is 0 Å². The van der Waals surface area contributed by atoms with Gasteiger partial charge in [-0.3, -0.25) is 0 Å². The third-order valence-corrected chi connectivity index (χ3v) is 3.11. The van der Waals surface area contributed by atoms with Crippen molar-refractivity contribution in [2.24, 2.45) is 5.73 Å². The normalized spacial score (nSPS) is 22.5. The van der Waals surface area contributed by atoms with Crippen molar-refractivity contribution in [2.75, 3.05) is 26.2 Å². The Morgan fingerprint density at radius 3 is 2.43 bits per heavy atom. The monoisotopic (exact) mass is 200 g/mol. The zero-order valence-electron chi connectivity index (χ0n) is 9.34. The van der Waals surface area contributed by atoms with E-state index in [1.54, 1.807) is 0 Å². The summed E-state index contributed by atoms with van der Waals surface area (Å²) < 4.78 is 0. The van der Waals surface area contributed by atoms with Gasteiger partial charge in [-0.1, -0.05) is 6.42 Å². The molecule has 0 atom stereocenters. The number of likely N-dealkylation sites (tertiary alicyclic amines) is 1. The first-order valence-corrected chi connectivity index (χ1v) is 5.79. The third kappa shape index (κ3) is 4.40. The molecule has 3 N–H and O–H groups in total. The highest BCUT2D eigenvalue weighted by Crippen LogP contribution is 2.21. The Morgan fingerprint density at radius 2 is 1.86 bits per heavy atom. The average molecular weight is 200 g/mol. The van der Waals surface area contributed by atoms with E-state index < -0.39 is 5.60 Å². The Balaban J connectivity index is 2.04. The molecule has 1 saturated heterocycles. The maximum atomic E-state index is 9.76. The zero-order valence-corrected chi connectivity index (χ0v) is 9.34. The summed E-state index contributed by atoms with van der Waals surface area (Å²) in [6.45, 7) is 6.04. The van der Waals surface area contributed by atoms with E-state index in [4.69, 9.17) is 5.73 Å². The molecule has 0 amide bonds. The summed E-state index contributed by atoms with van der Waals surface area (Å²) in [7, 11) is 0. The fourth-order valence-corrected chi connectivity index (χ4v) is 1.91. The molecule has 1 rings (SSSR count). The van der Waals surface area contributed by atoms with Crippen LogP contribution in [-0.4, -0.2) is 41.8 Å². The molecule has 0 spiro atoms. The van der Waals surface area contributed by atoms with Gasteiger partial charge in [0.1, 0.15) is 0 Å². The highest BCUT2D eigenvalue weighted by molar-refractivity contribution is 4.81. The van der Waals surface area contributed by atoms with Crippen LogP contribution in [0.5, 0.6) is 0 Å². The average Bonchev–Trinajstić information content (AvgIpc) is 2.15. The number of hydrogen-bond donors (Lipinski definition) is 2. The molecule has 0 radical (unpaired) electrons. The first-order chi connectivity index (χ1) is 6.64. The highest BCUT2D eigenvalue weighted by atomic mass is 16.3. The number of piperidine rings is 1. The first-order valence-electron chi connectivity index (χ1n) is 5.79. The summed E-state index contributed by atoms with van der Waals surface area (Å²) >= 11 is 0. The van der Waals surface area contributed by atoms with Gasteiger partial charge in [-0.15, -0.1) is 0 Å². The highest BCUT2D eigenvalue weighted by Gasteiger charge is 2.26. The van der Waals surface area contributed by atoms with Gasteiger partial charge in [0.15, 0.2) is 0 Å². The molecule has 0 aliphatic carbocycles. The minimum atomic E-state index is -0.409. The smallest absolute Gasteiger partial charge is 0.0644 e. The molecular formula is C11H24N2O. The van der Waals surface area contributed by atoms with Crippen molar-refractivity contribution < 1.29 is 5.11 Å². The largest absolute Gasteiger partial charge is 0.390 e. The molecule has 1 heterocycles. The molecule has 0 saturated carbocycles. The predicted molar refractivity (Wildman–Crippen MR) is 59.2 cm³/mol. The molecule has 14 heavy (non-hydrogen) atoms. The number of aliphatic hydroxyl groups is 1. The number of hydrogen-bond acceptors (Lipinski definition) is 3. The number of nitrogens with two attached hydrogens (primary N) is 1. The quantitative estimate of drug-likeness (QED) is 0.650. The zero-order chi connectivity index (χ0) is 10.4. The molecular weight excluding hydrogens is 176 g/mol. The van der Waals surface area contributed by atoms with Crippen molar-refractivity contribution in [3.8, 4) is 0 Å². The van der Waals surface area contributed by atoms with Crippen LogP contribution >= 0.6 is 0 Å². The van der Waals surface area contributed by atoms with E-state index in [1.807, 2.05) is 6.92 Å². The van der Waals surface area contributed by atoms with E-state index in [2.05, 4.69) is 4.90 Å². The van der Waals surface area contributed by atoms with Crippen LogP contribution < -0.4 is 5.73 Å². The molecule has 3 nitrogen and oxygen atoms in total. The molecule has 1 aliphatic rings. The van der Waals surface area contributed by atoms with Gasteiger partial charge in [0, 0.05) is 13.1 Å². The molecule has 1 aliphatic heterocycles. The Kier molecular flexibility index (Phi) is 4.85. The fourth-order valence-electron chi connectivity index (χ4n) is 1.91. The van der Waals surface area contributed by atoms with Crippen molar-refractivity contribution in [1.29, 1.82) is 0 Å². The minimum absolute atomic E-state index is 0.409. The Bertz CT molecular complexity index is 149. The van der Waals surface area contributed by atoms with Gasteiger partial charge in [-0.2, -0.15) is 0 Å². The van der Waals surface area contributed by atoms with Crippen LogP contribution in [0.2, 0.25) is 0 Å². The van der Waals surface area contributed by atoms with Crippen LogP contribution in [0.15, 0.2) is 0 Å². The fraction of sp³-hybridized carbons (Fsp3) is 1.00. The van der Waals surface area contributed by atoms with Gasteiger partial charge >= 0.3 is 0 Å². The number of unbranched alkanes of at least 4 members (excludes halogenated alkanes) is 2. The summed E-state index contributed by atoms with van der Waals surface area (Å²) in [5.74, 6) is 0. The first kappa shape index (κ1) is 12.0. The summed E-state index contributed by atoms with van der Waals surface area (Å²) in [6, 6.07) is 0. The van der Waals surface area contributed by atoms with Crippen molar-refractivity contribution in [1.82, 2.24) is 4.90 Å². The lowest BCUT2D eigenvalue weighted by atomic mass is 9.94. The van der Waals surface area contributed by atoms with Gasteiger partial charge in [0.05, 0.1) is 5.60 Å². The maximum absolute atomic E-state index is 9.76. The molecule has 0 bridgehead atoms. The Labute approximate surface area is 87.3 Å². The van der Waals surface area contributed by atoms with E-state index in [9.17, 15) is 5.11 Å². The molecule has 84 valence electrons. The summed E-state index contributed by atoms with van der Waals surface area (Å²) in [4.78, 5) is 2.45. The third-order valence-electron chi connectivity index (χ3n) is 3.11. The number of nitrogens with zero attached hydrogens (tertiary/aromatic N) is 1. The SMILES string of the molecule is CC1(O)CCN(CCCCCN)CC1. The van der Waals surface area contributed by atoms with E-state index in [0.29, 0.717) is 0 Å². The van der Waals surface area contributed by atoms with Crippen LogP contribution in [0.3, 0.4) is 0 Å². The topological polar surface area (TPSA) is 49.5 Å². The van der Waals surface area contributed by atoms with E-state index in [1.165, 1.54) is 19.4 Å². The van der Waals surface area contributed by atoms with Crippen molar-refractivity contribution >= 4 is 0 Å². The maximum Gasteiger partial charge on any atom is 0.0644 e. The molecule has 0 aromatic carbocycles. The van der Waals surface area contributed by atoms with Gasteiger partial charge in [-0.05, 0) is 45.7 Å². The lowest BCUT2D eigenvalue weighted by molar-refractivity contribution is -0.00552. The van der Waals surface area contributed by atoms with Crippen molar-refractivity contribution in [3.05, 3.63) is 0 Å².